The molecule has 0 unspecified atom stereocenters. The van der Waals surface area contributed by atoms with Gasteiger partial charge in [0.1, 0.15) is 5.75 Å². The Morgan fingerprint density at radius 3 is 2.67 bits per heavy atom. The minimum atomic E-state index is -0.250. The number of carbonyl (C=O) groups excluding carboxylic acids is 2. The molecule has 5 nitrogen and oxygen atoms in total. The lowest BCUT2D eigenvalue weighted by molar-refractivity contribution is -0.116. The summed E-state index contributed by atoms with van der Waals surface area (Å²) in [4.78, 5) is 23.9. The van der Waals surface area contributed by atoms with Crippen LogP contribution in [0, 0.1) is 6.92 Å². The first-order valence-electron chi connectivity index (χ1n) is 7.48. The minimum absolute atomic E-state index is 0.168. The number of methoxy groups -OCH3 is 1. The van der Waals surface area contributed by atoms with Gasteiger partial charge in [-0.3, -0.25) is 9.59 Å². The van der Waals surface area contributed by atoms with Crippen LogP contribution in [0.5, 0.6) is 5.75 Å². The van der Waals surface area contributed by atoms with Crippen molar-refractivity contribution in [3.05, 3.63) is 58.6 Å². The molecule has 2 aromatic rings. The van der Waals surface area contributed by atoms with Crippen LogP contribution in [0.1, 0.15) is 22.3 Å². The summed E-state index contributed by atoms with van der Waals surface area (Å²) >= 11 is 6.02. The maximum absolute atomic E-state index is 12.0. The largest absolute Gasteiger partial charge is 0.497 e. The Kier molecular flexibility index (Phi) is 6.21. The highest BCUT2D eigenvalue weighted by atomic mass is 35.5. The lowest BCUT2D eigenvalue weighted by atomic mass is 10.2. The Balaban J connectivity index is 1.81. The molecule has 0 radical (unpaired) electrons. The lowest BCUT2D eigenvalue weighted by Gasteiger charge is -2.08. The summed E-state index contributed by atoms with van der Waals surface area (Å²) in [5, 5.41) is 6.05. The standard InChI is InChI=1S/C18H19ClN2O3/c1-12-6-7-14(11-16(12)19)21-17(22)8-9-20-18(23)13-4-3-5-15(10-13)24-2/h3-7,10-11H,8-9H2,1-2H3,(H,20,23)(H,21,22). The van der Waals surface area contributed by atoms with E-state index in [4.69, 9.17) is 16.3 Å². The molecule has 0 spiro atoms. The van der Waals surface area contributed by atoms with Crippen molar-refractivity contribution >= 4 is 29.1 Å². The molecule has 0 aliphatic carbocycles. The van der Waals surface area contributed by atoms with E-state index >= 15 is 0 Å². The van der Waals surface area contributed by atoms with Crippen LogP contribution < -0.4 is 15.4 Å². The minimum Gasteiger partial charge on any atom is -0.497 e. The van der Waals surface area contributed by atoms with Crippen LogP contribution >= 0.6 is 11.6 Å². The fraction of sp³-hybridized carbons (Fsp3) is 0.222. The van der Waals surface area contributed by atoms with Gasteiger partial charge >= 0.3 is 0 Å². The van der Waals surface area contributed by atoms with Gasteiger partial charge in [-0.15, -0.1) is 0 Å². The third kappa shape index (κ3) is 4.99. The van der Waals surface area contributed by atoms with Gasteiger partial charge in [0, 0.05) is 29.2 Å². The number of nitrogens with one attached hydrogen (secondary N) is 2. The van der Waals surface area contributed by atoms with Gasteiger partial charge in [0.15, 0.2) is 0 Å². The number of benzene rings is 2. The molecule has 6 heteroatoms. The van der Waals surface area contributed by atoms with Crippen molar-refractivity contribution < 1.29 is 14.3 Å². The van der Waals surface area contributed by atoms with Gasteiger partial charge in [-0.25, -0.2) is 0 Å². The molecule has 0 saturated carbocycles. The van der Waals surface area contributed by atoms with Gasteiger partial charge in [-0.05, 0) is 42.8 Å². The Labute approximate surface area is 146 Å². The third-order valence-electron chi connectivity index (χ3n) is 3.43. The van der Waals surface area contributed by atoms with Gasteiger partial charge in [-0.1, -0.05) is 23.7 Å². The molecule has 0 aromatic heterocycles. The molecule has 2 amide bonds. The molecule has 24 heavy (non-hydrogen) atoms. The molecule has 2 rings (SSSR count). The summed E-state index contributed by atoms with van der Waals surface area (Å²) in [5.74, 6) is 0.164. The van der Waals surface area contributed by atoms with Crippen LogP contribution in [0.25, 0.3) is 0 Å². The Bertz CT molecular complexity index is 747. The first-order valence-corrected chi connectivity index (χ1v) is 7.85. The van der Waals surface area contributed by atoms with Gasteiger partial charge in [0.05, 0.1) is 7.11 Å². The van der Waals surface area contributed by atoms with Crippen LogP contribution in [0.4, 0.5) is 5.69 Å². The van der Waals surface area contributed by atoms with Crippen molar-refractivity contribution in [2.24, 2.45) is 0 Å². The predicted molar refractivity (Wildman–Crippen MR) is 94.8 cm³/mol. The lowest BCUT2D eigenvalue weighted by Crippen LogP contribution is -2.27. The fourth-order valence-corrected chi connectivity index (χ4v) is 2.23. The van der Waals surface area contributed by atoms with E-state index in [0.29, 0.717) is 22.0 Å². The van der Waals surface area contributed by atoms with Crippen molar-refractivity contribution in [2.45, 2.75) is 13.3 Å². The summed E-state index contributed by atoms with van der Waals surface area (Å²) in [6.07, 6.45) is 0.168. The molecule has 126 valence electrons. The Morgan fingerprint density at radius 1 is 1.17 bits per heavy atom. The highest BCUT2D eigenvalue weighted by molar-refractivity contribution is 6.31. The van der Waals surface area contributed by atoms with E-state index in [-0.39, 0.29) is 24.8 Å². The molecule has 0 aliphatic heterocycles. The number of anilines is 1. The highest BCUT2D eigenvalue weighted by Gasteiger charge is 2.08. The first kappa shape index (κ1) is 17.8. The van der Waals surface area contributed by atoms with E-state index in [1.165, 1.54) is 0 Å². The van der Waals surface area contributed by atoms with Crippen LogP contribution in [0.15, 0.2) is 42.5 Å². The molecule has 0 saturated heterocycles. The van der Waals surface area contributed by atoms with E-state index < -0.39 is 0 Å². The number of rotatable bonds is 6. The SMILES string of the molecule is COc1cccc(C(=O)NCCC(=O)Nc2ccc(C)c(Cl)c2)c1. The molecule has 0 fully saturated rings. The molecular weight excluding hydrogens is 328 g/mol. The van der Waals surface area contributed by atoms with Crippen LogP contribution in [0.3, 0.4) is 0 Å². The summed E-state index contributed by atoms with van der Waals surface area (Å²) in [6.45, 7) is 2.13. The zero-order chi connectivity index (χ0) is 17.5. The van der Waals surface area contributed by atoms with Crippen molar-refractivity contribution in [3.63, 3.8) is 0 Å². The van der Waals surface area contributed by atoms with Gasteiger partial charge in [-0.2, -0.15) is 0 Å². The molecule has 0 atom stereocenters. The molecular formula is C18H19ClN2O3. The van der Waals surface area contributed by atoms with Crippen molar-refractivity contribution in [1.29, 1.82) is 0 Å². The smallest absolute Gasteiger partial charge is 0.251 e. The van der Waals surface area contributed by atoms with Crippen molar-refractivity contribution in [1.82, 2.24) is 5.32 Å². The Hall–Kier alpha value is -2.53. The van der Waals surface area contributed by atoms with Crippen LogP contribution in [-0.2, 0) is 4.79 Å². The van der Waals surface area contributed by atoms with Crippen molar-refractivity contribution in [2.75, 3.05) is 19.0 Å². The number of hydrogen-bond donors (Lipinski definition) is 2. The maximum atomic E-state index is 12.0. The molecule has 0 bridgehead atoms. The van der Waals surface area contributed by atoms with Gasteiger partial charge in [0.25, 0.3) is 5.91 Å². The summed E-state index contributed by atoms with van der Waals surface area (Å²) in [5.41, 5.74) is 2.06. The third-order valence-corrected chi connectivity index (χ3v) is 3.83. The topological polar surface area (TPSA) is 67.4 Å². The molecule has 2 aromatic carbocycles. The van der Waals surface area contributed by atoms with E-state index in [0.717, 1.165) is 5.56 Å². The van der Waals surface area contributed by atoms with E-state index in [1.807, 2.05) is 13.0 Å². The zero-order valence-corrected chi connectivity index (χ0v) is 14.3. The zero-order valence-electron chi connectivity index (χ0n) is 13.6. The molecule has 2 N–H and O–H groups in total. The van der Waals surface area contributed by atoms with Crippen LogP contribution in [0.2, 0.25) is 5.02 Å². The Morgan fingerprint density at radius 2 is 1.96 bits per heavy atom. The first-order chi connectivity index (χ1) is 11.5. The fourth-order valence-electron chi connectivity index (χ4n) is 2.05. The van der Waals surface area contributed by atoms with Gasteiger partial charge < -0.3 is 15.4 Å². The predicted octanol–water partition coefficient (Wildman–Crippen LogP) is 3.42. The van der Waals surface area contributed by atoms with Crippen molar-refractivity contribution in [3.8, 4) is 5.75 Å². The normalized spacial score (nSPS) is 10.1. The number of amides is 2. The average molecular weight is 347 g/mol. The number of ether oxygens (including phenoxy) is 1. The van der Waals surface area contributed by atoms with E-state index in [9.17, 15) is 9.59 Å². The summed E-state index contributed by atoms with van der Waals surface area (Å²) in [7, 11) is 1.54. The average Bonchev–Trinajstić information content (AvgIpc) is 2.58. The van der Waals surface area contributed by atoms with Gasteiger partial charge in [0.2, 0.25) is 5.91 Å². The monoisotopic (exact) mass is 346 g/mol. The molecule has 0 aliphatic rings. The second kappa shape index (κ2) is 8.36. The number of halogens is 1. The van der Waals surface area contributed by atoms with Crippen LogP contribution in [-0.4, -0.2) is 25.5 Å². The van der Waals surface area contributed by atoms with E-state index in [1.54, 1.807) is 43.5 Å². The summed E-state index contributed by atoms with van der Waals surface area (Å²) in [6, 6.07) is 12.1. The van der Waals surface area contributed by atoms with E-state index in [2.05, 4.69) is 10.6 Å². The quantitative estimate of drug-likeness (QED) is 0.842. The second-order valence-corrected chi connectivity index (χ2v) is 5.66. The summed E-state index contributed by atoms with van der Waals surface area (Å²) < 4.78 is 5.08. The number of aryl methyl sites for hydroxylation is 1. The highest BCUT2D eigenvalue weighted by Crippen LogP contribution is 2.20. The second-order valence-electron chi connectivity index (χ2n) is 5.25. The number of hydrogen-bond acceptors (Lipinski definition) is 3. The molecule has 0 heterocycles. The maximum Gasteiger partial charge on any atom is 0.251 e. The number of carbonyl (C=O) groups is 2.